The van der Waals surface area contributed by atoms with Gasteiger partial charge in [0.05, 0.1) is 34.0 Å². The fraction of sp³-hybridized carbons (Fsp3) is 0.300. The molecule has 7 heteroatoms. The van der Waals surface area contributed by atoms with Gasteiger partial charge in [0, 0.05) is 24.8 Å². The molecule has 1 saturated heterocycles. The molecule has 0 atom stereocenters. The van der Waals surface area contributed by atoms with Crippen LogP contribution in [-0.4, -0.2) is 30.5 Å². The number of fused-ring (bicyclic) bond motifs is 1. The molecular weight excluding hydrogens is 368 g/mol. The number of carbonyl (C=O) groups is 1. The van der Waals surface area contributed by atoms with Gasteiger partial charge in [-0.2, -0.15) is 0 Å². The van der Waals surface area contributed by atoms with Crippen molar-refractivity contribution in [3.63, 3.8) is 0 Å². The van der Waals surface area contributed by atoms with E-state index in [1.54, 1.807) is 11.3 Å². The molecule has 4 rings (SSSR count). The van der Waals surface area contributed by atoms with Crippen LogP contribution in [0.25, 0.3) is 10.2 Å². The van der Waals surface area contributed by atoms with Crippen molar-refractivity contribution in [1.29, 1.82) is 0 Å². The maximum absolute atomic E-state index is 13.6. The second kappa shape index (κ2) is 7.70. The van der Waals surface area contributed by atoms with Gasteiger partial charge in [-0.05, 0) is 24.3 Å². The monoisotopic (exact) mass is 388 g/mol. The topological polar surface area (TPSA) is 46.4 Å². The van der Waals surface area contributed by atoms with Crippen LogP contribution in [-0.2, 0) is 4.79 Å². The highest BCUT2D eigenvalue weighted by atomic mass is 32.1. The summed E-state index contributed by atoms with van der Waals surface area (Å²) in [6.45, 7) is 2.03. The zero-order valence-corrected chi connectivity index (χ0v) is 15.5. The molecule has 0 radical (unpaired) electrons. The van der Waals surface area contributed by atoms with Gasteiger partial charge in [-0.15, -0.1) is 11.3 Å². The average Bonchev–Trinajstić information content (AvgIpc) is 3.09. The van der Waals surface area contributed by atoms with E-state index in [1.165, 1.54) is 20.7 Å². The van der Waals surface area contributed by atoms with Gasteiger partial charge in [0.1, 0.15) is 11.6 Å². The number of piperidine rings is 1. The Bertz CT molecular complexity index is 934. The van der Waals surface area contributed by atoms with Gasteiger partial charge in [0.15, 0.2) is 6.54 Å². The summed E-state index contributed by atoms with van der Waals surface area (Å²) in [7, 11) is 0. The number of carbonyl (C=O) groups excluding carboxylic acids is 1. The average molecular weight is 388 g/mol. The van der Waals surface area contributed by atoms with Crippen molar-refractivity contribution < 1.29 is 18.5 Å². The number of hydrogen-bond acceptors (Lipinski definition) is 3. The largest absolute Gasteiger partial charge is 0.327 e. The smallest absolute Gasteiger partial charge is 0.279 e. The van der Waals surface area contributed by atoms with Crippen molar-refractivity contribution in [2.75, 3.05) is 25.0 Å². The number of para-hydroxylation sites is 1. The maximum atomic E-state index is 13.6. The minimum absolute atomic E-state index is 0.0187. The number of thiazole rings is 1. The summed E-state index contributed by atoms with van der Waals surface area (Å²) < 4.78 is 27.8. The summed E-state index contributed by atoms with van der Waals surface area (Å²) in [5, 5.41) is 3.71. The molecule has 3 aromatic rings. The van der Waals surface area contributed by atoms with Gasteiger partial charge in [0.2, 0.25) is 0 Å². The third-order valence-corrected chi connectivity index (χ3v) is 6.17. The number of amides is 1. The molecule has 0 bridgehead atoms. The van der Waals surface area contributed by atoms with E-state index in [4.69, 9.17) is 4.98 Å². The summed E-state index contributed by atoms with van der Waals surface area (Å²) in [4.78, 5) is 18.1. The van der Waals surface area contributed by atoms with Crippen molar-refractivity contribution in [2.24, 2.45) is 0 Å². The Morgan fingerprint density at radius 3 is 2.70 bits per heavy atom. The predicted octanol–water partition coefficient (Wildman–Crippen LogP) is 2.98. The van der Waals surface area contributed by atoms with Crippen LogP contribution in [0.4, 0.5) is 14.5 Å². The summed E-state index contributed by atoms with van der Waals surface area (Å²) in [5.41, 5.74) is 1.07. The molecule has 2 N–H and O–H groups in total. The fourth-order valence-electron chi connectivity index (χ4n) is 3.53. The molecule has 140 valence electrons. The molecule has 1 fully saturated rings. The molecule has 1 aromatic heterocycles. The lowest BCUT2D eigenvalue weighted by atomic mass is 9.97. The zero-order valence-electron chi connectivity index (χ0n) is 14.7. The van der Waals surface area contributed by atoms with Crippen LogP contribution in [0.2, 0.25) is 0 Å². The van der Waals surface area contributed by atoms with E-state index in [1.807, 2.05) is 18.2 Å². The molecule has 27 heavy (non-hydrogen) atoms. The Labute approximate surface area is 159 Å². The van der Waals surface area contributed by atoms with Gasteiger partial charge in [-0.25, -0.2) is 13.8 Å². The van der Waals surface area contributed by atoms with Crippen molar-refractivity contribution in [3.05, 3.63) is 59.1 Å². The van der Waals surface area contributed by atoms with Crippen LogP contribution in [0.15, 0.2) is 42.5 Å². The summed E-state index contributed by atoms with van der Waals surface area (Å²) in [6.07, 6.45) is 1.96. The maximum Gasteiger partial charge on any atom is 0.279 e. The second-order valence-corrected chi connectivity index (χ2v) is 7.96. The highest BCUT2D eigenvalue weighted by Gasteiger charge is 2.27. The molecule has 1 aliphatic rings. The van der Waals surface area contributed by atoms with Gasteiger partial charge < -0.3 is 10.2 Å². The van der Waals surface area contributed by atoms with E-state index in [9.17, 15) is 13.6 Å². The van der Waals surface area contributed by atoms with E-state index >= 15 is 0 Å². The minimum atomic E-state index is -0.757. The number of nitrogens with one attached hydrogen (secondary N) is 2. The van der Waals surface area contributed by atoms with Crippen molar-refractivity contribution >= 4 is 33.1 Å². The Morgan fingerprint density at radius 1 is 1.19 bits per heavy atom. The Kier molecular flexibility index (Phi) is 5.13. The van der Waals surface area contributed by atoms with Crippen LogP contribution in [0.1, 0.15) is 23.8 Å². The number of nitrogens with zero attached hydrogens (tertiary/aromatic N) is 1. The van der Waals surface area contributed by atoms with Crippen LogP contribution in [0.3, 0.4) is 0 Å². The lowest BCUT2D eigenvalue weighted by Crippen LogP contribution is -3.14. The fourth-order valence-corrected chi connectivity index (χ4v) is 4.66. The highest BCUT2D eigenvalue weighted by Crippen LogP contribution is 2.31. The van der Waals surface area contributed by atoms with Crippen LogP contribution in [0.5, 0.6) is 0 Å². The summed E-state index contributed by atoms with van der Waals surface area (Å²) >= 11 is 1.75. The molecule has 2 heterocycles. The van der Waals surface area contributed by atoms with Crippen LogP contribution >= 0.6 is 11.3 Å². The number of benzene rings is 2. The molecule has 4 nitrogen and oxygen atoms in total. The highest BCUT2D eigenvalue weighted by molar-refractivity contribution is 7.18. The number of anilines is 1. The summed E-state index contributed by atoms with van der Waals surface area (Å²) in [6, 6.07) is 11.3. The number of hydrogen-bond donors (Lipinski definition) is 2. The quantitative estimate of drug-likeness (QED) is 0.722. The zero-order chi connectivity index (χ0) is 18.8. The Morgan fingerprint density at radius 2 is 1.96 bits per heavy atom. The number of rotatable bonds is 4. The number of aromatic nitrogens is 1. The Hall–Kier alpha value is -2.38. The normalized spacial score (nSPS) is 19.9. The lowest BCUT2D eigenvalue weighted by Gasteiger charge is -2.27. The predicted molar refractivity (Wildman–Crippen MR) is 102 cm³/mol. The molecule has 1 amide bonds. The van der Waals surface area contributed by atoms with E-state index in [2.05, 4.69) is 11.4 Å². The van der Waals surface area contributed by atoms with E-state index in [0.29, 0.717) is 5.92 Å². The van der Waals surface area contributed by atoms with Gasteiger partial charge in [0.25, 0.3) is 5.91 Å². The molecule has 0 unspecified atom stereocenters. The number of likely N-dealkylation sites (tertiary alicyclic amines) is 1. The Balaban J connectivity index is 1.31. The molecular formula is C20H20F2N3OS+. The SMILES string of the molecule is O=C(C[NH+]1CCC(c2nc3ccccc3s2)CC1)Nc1ccc(F)cc1F. The van der Waals surface area contributed by atoms with Gasteiger partial charge >= 0.3 is 0 Å². The molecule has 2 aromatic carbocycles. The van der Waals surface area contributed by atoms with Crippen LogP contribution < -0.4 is 10.2 Å². The van der Waals surface area contributed by atoms with E-state index in [-0.39, 0.29) is 18.1 Å². The molecule has 0 spiro atoms. The third kappa shape index (κ3) is 4.14. The van der Waals surface area contributed by atoms with Gasteiger partial charge in [-0.1, -0.05) is 12.1 Å². The van der Waals surface area contributed by atoms with Crippen molar-refractivity contribution in [3.8, 4) is 0 Å². The second-order valence-electron chi connectivity index (χ2n) is 6.89. The summed E-state index contributed by atoms with van der Waals surface area (Å²) in [5.74, 6) is -1.24. The van der Waals surface area contributed by atoms with E-state index in [0.717, 1.165) is 43.6 Å². The number of halogens is 2. The first-order chi connectivity index (χ1) is 13.1. The first-order valence-electron chi connectivity index (χ1n) is 9.02. The van der Waals surface area contributed by atoms with Gasteiger partial charge in [-0.3, -0.25) is 4.79 Å². The third-order valence-electron chi connectivity index (χ3n) is 4.97. The van der Waals surface area contributed by atoms with Crippen molar-refractivity contribution in [1.82, 2.24) is 4.98 Å². The molecule has 0 aliphatic carbocycles. The van der Waals surface area contributed by atoms with Crippen LogP contribution in [0, 0.1) is 11.6 Å². The lowest BCUT2D eigenvalue weighted by molar-refractivity contribution is -0.897. The standard InChI is InChI=1S/C20H19F2N3OS/c21-14-5-6-16(15(22)11-14)23-19(26)12-25-9-7-13(8-10-25)20-24-17-3-1-2-4-18(17)27-20/h1-6,11,13H,7-10,12H2,(H,23,26)/p+1. The molecule has 0 saturated carbocycles. The number of quaternary nitrogens is 1. The van der Waals surface area contributed by atoms with E-state index < -0.39 is 11.6 Å². The first-order valence-corrected chi connectivity index (χ1v) is 9.84. The van der Waals surface area contributed by atoms with Crippen molar-refractivity contribution in [2.45, 2.75) is 18.8 Å². The minimum Gasteiger partial charge on any atom is -0.327 e. The first kappa shape index (κ1) is 18.0. The molecule has 1 aliphatic heterocycles.